The number of benzene rings is 2. The van der Waals surface area contributed by atoms with E-state index in [1.54, 1.807) is 19.1 Å². The molecule has 5 heteroatoms. The van der Waals surface area contributed by atoms with Crippen LogP contribution in [0.2, 0.25) is 0 Å². The van der Waals surface area contributed by atoms with Gasteiger partial charge in [-0.2, -0.15) is 0 Å². The molecule has 2 heterocycles. The molecule has 2 aromatic carbocycles. The number of H-pyrrole nitrogens is 1. The lowest BCUT2D eigenvalue weighted by molar-refractivity contribution is 0.597. The highest BCUT2D eigenvalue weighted by Crippen LogP contribution is 2.40. The molecule has 0 radical (unpaired) electrons. The van der Waals surface area contributed by atoms with Gasteiger partial charge in [-0.15, -0.1) is 0 Å². The fourth-order valence-electron chi connectivity index (χ4n) is 3.86. The molecule has 4 nitrogen and oxygen atoms in total. The third-order valence-electron chi connectivity index (χ3n) is 5.26. The number of nitrogens with one attached hydrogen (secondary N) is 1. The molecule has 0 saturated carbocycles. The van der Waals surface area contributed by atoms with Crippen molar-refractivity contribution in [1.29, 1.82) is 0 Å². The number of aromatic nitrogens is 1. The fourth-order valence-corrected chi connectivity index (χ4v) is 4.78. The molecule has 0 aliphatic carbocycles. The third-order valence-corrected chi connectivity index (χ3v) is 6.99. The van der Waals surface area contributed by atoms with Gasteiger partial charge in [-0.1, -0.05) is 36.8 Å². The first-order chi connectivity index (χ1) is 12.9. The topological polar surface area (TPSA) is 53.2 Å². The minimum atomic E-state index is -3.24. The standard InChI is InChI=1S/C22H24N2O2S/c1-4-24-14-15(3)12-19-21-18(10-7-11-20(21)23-22(19)24)16-8-6-9-17(13-16)27(25,26)5-2/h6-13,23H,4-5,14H2,1-3H3. The predicted octanol–water partition coefficient (Wildman–Crippen LogP) is 4.87. The number of fused-ring (bicyclic) bond motifs is 3. The van der Waals surface area contributed by atoms with E-state index in [2.05, 4.69) is 41.9 Å². The van der Waals surface area contributed by atoms with Crippen LogP contribution in [0.4, 0.5) is 5.82 Å². The maximum atomic E-state index is 12.3. The molecule has 4 rings (SSSR count). The Morgan fingerprint density at radius 3 is 2.63 bits per heavy atom. The number of nitrogens with zero attached hydrogens (tertiary/aromatic N) is 1. The Morgan fingerprint density at radius 2 is 1.89 bits per heavy atom. The first-order valence-corrected chi connectivity index (χ1v) is 11.0. The van der Waals surface area contributed by atoms with Gasteiger partial charge in [0.25, 0.3) is 0 Å². The number of aromatic amines is 1. The van der Waals surface area contributed by atoms with Crippen molar-refractivity contribution in [3.8, 4) is 11.1 Å². The molecule has 1 aliphatic heterocycles. The van der Waals surface area contributed by atoms with Gasteiger partial charge in [0.15, 0.2) is 9.84 Å². The van der Waals surface area contributed by atoms with Crippen LogP contribution in [0.25, 0.3) is 28.1 Å². The molecule has 0 unspecified atom stereocenters. The summed E-state index contributed by atoms with van der Waals surface area (Å²) < 4.78 is 24.7. The van der Waals surface area contributed by atoms with E-state index in [-0.39, 0.29) is 5.75 Å². The van der Waals surface area contributed by atoms with Crippen LogP contribution in [0.1, 0.15) is 26.3 Å². The number of anilines is 1. The second-order valence-corrected chi connectivity index (χ2v) is 9.33. The van der Waals surface area contributed by atoms with Gasteiger partial charge in [-0.05, 0) is 49.2 Å². The van der Waals surface area contributed by atoms with Gasteiger partial charge in [-0.25, -0.2) is 8.42 Å². The molecular weight excluding hydrogens is 356 g/mol. The van der Waals surface area contributed by atoms with Crippen molar-refractivity contribution in [2.24, 2.45) is 0 Å². The summed E-state index contributed by atoms with van der Waals surface area (Å²) in [6.45, 7) is 7.86. The van der Waals surface area contributed by atoms with Crippen molar-refractivity contribution < 1.29 is 8.42 Å². The number of hydrogen-bond acceptors (Lipinski definition) is 3. The number of likely N-dealkylation sites (N-methyl/N-ethyl adjacent to an activating group) is 1. The molecule has 0 fully saturated rings. The van der Waals surface area contributed by atoms with Crippen LogP contribution in [0, 0.1) is 0 Å². The van der Waals surface area contributed by atoms with Crippen LogP contribution in [0.5, 0.6) is 0 Å². The zero-order valence-electron chi connectivity index (χ0n) is 15.9. The zero-order chi connectivity index (χ0) is 19.2. The van der Waals surface area contributed by atoms with Gasteiger partial charge in [-0.3, -0.25) is 0 Å². The lowest BCUT2D eigenvalue weighted by atomic mass is 9.97. The SMILES string of the molecule is CCN1CC(C)=Cc2c1[nH]c1cccc(-c3cccc(S(=O)(=O)CC)c3)c21. The first kappa shape index (κ1) is 17.9. The van der Waals surface area contributed by atoms with Gasteiger partial charge in [0.1, 0.15) is 5.82 Å². The minimum Gasteiger partial charge on any atom is -0.354 e. The van der Waals surface area contributed by atoms with Crippen LogP contribution in [-0.4, -0.2) is 32.2 Å². The Kier molecular flexibility index (Phi) is 4.35. The summed E-state index contributed by atoms with van der Waals surface area (Å²) in [5.74, 6) is 1.25. The average molecular weight is 381 g/mol. The minimum absolute atomic E-state index is 0.105. The molecule has 1 aromatic heterocycles. The van der Waals surface area contributed by atoms with Gasteiger partial charge >= 0.3 is 0 Å². The highest BCUT2D eigenvalue weighted by molar-refractivity contribution is 7.91. The molecule has 3 aromatic rings. The summed E-state index contributed by atoms with van der Waals surface area (Å²) in [6, 6.07) is 13.5. The molecule has 0 atom stereocenters. The lowest BCUT2D eigenvalue weighted by Crippen LogP contribution is -2.27. The van der Waals surface area contributed by atoms with Crippen molar-refractivity contribution in [2.75, 3.05) is 23.7 Å². The van der Waals surface area contributed by atoms with Gasteiger partial charge in [0, 0.05) is 29.6 Å². The lowest BCUT2D eigenvalue weighted by Gasteiger charge is -2.26. The molecular formula is C22H24N2O2S. The van der Waals surface area contributed by atoms with E-state index in [1.165, 1.54) is 11.1 Å². The highest BCUT2D eigenvalue weighted by atomic mass is 32.2. The van der Waals surface area contributed by atoms with Crippen molar-refractivity contribution >= 4 is 32.6 Å². The Hall–Kier alpha value is -2.53. The van der Waals surface area contributed by atoms with E-state index in [1.807, 2.05) is 18.2 Å². The van der Waals surface area contributed by atoms with Gasteiger partial charge < -0.3 is 9.88 Å². The van der Waals surface area contributed by atoms with E-state index in [9.17, 15) is 8.42 Å². The zero-order valence-corrected chi connectivity index (χ0v) is 16.7. The van der Waals surface area contributed by atoms with E-state index in [0.717, 1.165) is 40.9 Å². The van der Waals surface area contributed by atoms with Crippen LogP contribution in [0.3, 0.4) is 0 Å². The molecule has 1 N–H and O–H groups in total. The van der Waals surface area contributed by atoms with Crippen LogP contribution >= 0.6 is 0 Å². The normalized spacial score (nSPS) is 14.3. The van der Waals surface area contributed by atoms with E-state index < -0.39 is 9.84 Å². The Balaban J connectivity index is 1.98. The molecule has 1 aliphatic rings. The van der Waals surface area contributed by atoms with Crippen LogP contribution in [-0.2, 0) is 9.84 Å². The van der Waals surface area contributed by atoms with Crippen molar-refractivity contribution in [3.63, 3.8) is 0 Å². The molecule has 27 heavy (non-hydrogen) atoms. The van der Waals surface area contributed by atoms with Crippen molar-refractivity contribution in [1.82, 2.24) is 4.98 Å². The number of rotatable bonds is 4. The maximum Gasteiger partial charge on any atom is 0.178 e. The summed E-state index contributed by atoms with van der Waals surface area (Å²) in [5.41, 5.74) is 5.57. The average Bonchev–Trinajstić information content (AvgIpc) is 3.06. The van der Waals surface area contributed by atoms with E-state index >= 15 is 0 Å². The van der Waals surface area contributed by atoms with Gasteiger partial charge in [0.2, 0.25) is 0 Å². The molecule has 0 saturated heterocycles. The summed E-state index contributed by atoms with van der Waals surface area (Å²) >= 11 is 0. The Morgan fingerprint density at radius 1 is 1.11 bits per heavy atom. The second-order valence-electron chi connectivity index (χ2n) is 7.05. The Bertz CT molecular complexity index is 1160. The number of hydrogen-bond donors (Lipinski definition) is 1. The predicted molar refractivity (Wildman–Crippen MR) is 113 cm³/mol. The maximum absolute atomic E-state index is 12.3. The smallest absolute Gasteiger partial charge is 0.178 e. The first-order valence-electron chi connectivity index (χ1n) is 9.34. The van der Waals surface area contributed by atoms with Crippen molar-refractivity contribution in [2.45, 2.75) is 25.7 Å². The van der Waals surface area contributed by atoms with E-state index in [4.69, 9.17) is 0 Å². The second kappa shape index (κ2) is 6.57. The monoisotopic (exact) mass is 380 g/mol. The molecule has 0 amide bonds. The third kappa shape index (κ3) is 2.96. The summed E-state index contributed by atoms with van der Waals surface area (Å²) in [4.78, 5) is 6.29. The highest BCUT2D eigenvalue weighted by Gasteiger charge is 2.22. The van der Waals surface area contributed by atoms with Gasteiger partial charge in [0.05, 0.1) is 10.6 Å². The van der Waals surface area contributed by atoms with E-state index in [0.29, 0.717) is 4.90 Å². The van der Waals surface area contributed by atoms with Crippen molar-refractivity contribution in [3.05, 3.63) is 53.6 Å². The largest absolute Gasteiger partial charge is 0.354 e. The fraction of sp³-hybridized carbons (Fsp3) is 0.273. The summed E-state index contributed by atoms with van der Waals surface area (Å²) in [7, 11) is -3.24. The quantitative estimate of drug-likeness (QED) is 0.702. The van der Waals surface area contributed by atoms with Crippen LogP contribution < -0.4 is 4.90 Å². The number of sulfone groups is 1. The Labute approximate surface area is 160 Å². The van der Waals surface area contributed by atoms with Crippen LogP contribution in [0.15, 0.2) is 52.9 Å². The molecule has 0 bridgehead atoms. The molecule has 0 spiro atoms. The molecule has 140 valence electrons. The summed E-state index contributed by atoms with van der Waals surface area (Å²) in [6.07, 6.45) is 2.25. The summed E-state index contributed by atoms with van der Waals surface area (Å²) in [5, 5.41) is 1.15.